The van der Waals surface area contributed by atoms with Crippen LogP contribution in [0.1, 0.15) is 35.3 Å². The molecule has 2 aromatic rings. The van der Waals surface area contributed by atoms with Gasteiger partial charge in [-0.05, 0) is 37.0 Å². The van der Waals surface area contributed by atoms with Crippen LogP contribution in [0.2, 0.25) is 0 Å². The number of anilines is 1. The molecule has 3 heterocycles. The number of ether oxygens (including phenoxy) is 1. The summed E-state index contributed by atoms with van der Waals surface area (Å²) in [7, 11) is 0. The molecule has 0 spiro atoms. The third-order valence-electron chi connectivity index (χ3n) is 4.67. The average Bonchev–Trinajstić information content (AvgIpc) is 2.63. The minimum atomic E-state index is -0.299. The molecule has 25 heavy (non-hydrogen) atoms. The van der Waals surface area contributed by atoms with Crippen LogP contribution in [0, 0.1) is 0 Å². The van der Waals surface area contributed by atoms with Crippen molar-refractivity contribution in [1.29, 1.82) is 0 Å². The zero-order valence-electron chi connectivity index (χ0n) is 13.8. The lowest BCUT2D eigenvalue weighted by Gasteiger charge is -2.41. The second kappa shape index (κ2) is 6.16. The minimum absolute atomic E-state index is 0.0267. The van der Waals surface area contributed by atoms with Gasteiger partial charge in [0.15, 0.2) is 11.4 Å². The van der Waals surface area contributed by atoms with Crippen molar-refractivity contribution in [3.63, 3.8) is 0 Å². The number of amides is 1. The number of carbonyl (C=O) groups is 1. The number of rotatable bonds is 3. The number of nitrogen functional groups attached to an aromatic ring is 1. The van der Waals surface area contributed by atoms with E-state index in [1.54, 1.807) is 27.9 Å². The van der Waals surface area contributed by atoms with E-state index in [4.69, 9.17) is 10.5 Å². The molecule has 2 aliphatic heterocycles. The number of benzene rings is 1. The van der Waals surface area contributed by atoms with Gasteiger partial charge in [0.2, 0.25) is 5.43 Å². The van der Waals surface area contributed by atoms with Crippen LogP contribution in [-0.2, 0) is 6.61 Å². The molecule has 1 atom stereocenters. The number of hydrogen-bond acceptors (Lipinski definition) is 5. The quantitative estimate of drug-likeness (QED) is 0.827. The van der Waals surface area contributed by atoms with Gasteiger partial charge in [0.05, 0.1) is 0 Å². The van der Waals surface area contributed by atoms with E-state index >= 15 is 0 Å². The molecule has 130 valence electrons. The molecule has 0 radical (unpaired) electrons. The third kappa shape index (κ3) is 2.82. The van der Waals surface area contributed by atoms with Crippen LogP contribution in [0.4, 0.5) is 5.69 Å². The van der Waals surface area contributed by atoms with Gasteiger partial charge in [0.1, 0.15) is 12.8 Å². The van der Waals surface area contributed by atoms with E-state index in [0.717, 1.165) is 24.8 Å². The Morgan fingerprint density at radius 2 is 1.96 bits per heavy atom. The molecule has 1 unspecified atom stereocenters. The third-order valence-corrected chi connectivity index (χ3v) is 4.67. The Morgan fingerprint density at radius 1 is 1.16 bits per heavy atom. The lowest BCUT2D eigenvalue weighted by molar-refractivity contribution is 0.0566. The molecule has 1 saturated heterocycles. The normalized spacial score (nSPS) is 19.0. The lowest BCUT2D eigenvalue weighted by Crippen LogP contribution is -2.55. The molecule has 1 aromatic carbocycles. The first-order chi connectivity index (χ1) is 12.1. The first-order valence-electron chi connectivity index (χ1n) is 8.44. The maximum atomic E-state index is 12.9. The van der Waals surface area contributed by atoms with E-state index in [9.17, 15) is 9.59 Å². The van der Waals surface area contributed by atoms with Gasteiger partial charge in [0, 0.05) is 24.5 Å². The van der Waals surface area contributed by atoms with E-state index in [1.165, 1.54) is 6.07 Å². The molecule has 2 aliphatic rings. The topological polar surface area (TPSA) is 89.6 Å². The summed E-state index contributed by atoms with van der Waals surface area (Å²) in [5.41, 5.74) is 10.5. The van der Waals surface area contributed by atoms with Crippen molar-refractivity contribution >= 4 is 11.6 Å². The molecule has 7 nitrogen and oxygen atoms in total. The first-order valence-corrected chi connectivity index (χ1v) is 8.44. The Kier molecular flexibility index (Phi) is 3.83. The molecular weight excluding hydrogens is 320 g/mol. The van der Waals surface area contributed by atoms with Crippen molar-refractivity contribution in [3.8, 4) is 5.75 Å². The molecule has 0 aliphatic carbocycles. The number of carbonyl (C=O) groups excluding carboxylic acids is 1. The van der Waals surface area contributed by atoms with Crippen LogP contribution in [0.25, 0.3) is 0 Å². The van der Waals surface area contributed by atoms with Gasteiger partial charge in [-0.3, -0.25) is 14.3 Å². The summed E-state index contributed by atoms with van der Waals surface area (Å²) in [5, 5.41) is 0. The Labute approximate surface area is 145 Å². The van der Waals surface area contributed by atoms with Crippen molar-refractivity contribution in [2.45, 2.75) is 32.0 Å². The van der Waals surface area contributed by atoms with Gasteiger partial charge < -0.3 is 20.8 Å². The van der Waals surface area contributed by atoms with Gasteiger partial charge in [0.25, 0.3) is 5.91 Å². The Balaban J connectivity index is 1.65. The van der Waals surface area contributed by atoms with Crippen molar-refractivity contribution in [3.05, 3.63) is 58.0 Å². The molecule has 0 bridgehead atoms. The van der Waals surface area contributed by atoms with Gasteiger partial charge >= 0.3 is 0 Å². The SMILES string of the molecule is Nc1ccc(COc2c3n(ccc2=O)NC2CCCCN2C3=O)cc1. The first kappa shape index (κ1) is 15.6. The standard InChI is InChI=1S/C18H20N4O3/c19-13-6-4-12(5-7-13)11-25-17-14(23)8-10-22-16(17)18(24)21-9-2-1-3-15(21)20-22/h4-8,10,15,20H,1-3,9,11,19H2. The van der Waals surface area contributed by atoms with Crippen LogP contribution >= 0.6 is 0 Å². The van der Waals surface area contributed by atoms with Crippen molar-refractivity contribution in [1.82, 2.24) is 9.58 Å². The second-order valence-electron chi connectivity index (χ2n) is 6.40. The number of nitrogens with two attached hydrogens (primary N) is 1. The fourth-order valence-electron chi connectivity index (χ4n) is 3.34. The smallest absolute Gasteiger partial charge is 0.278 e. The lowest BCUT2D eigenvalue weighted by atomic mass is 10.1. The molecular formula is C18H20N4O3. The number of nitrogens with one attached hydrogen (secondary N) is 1. The highest BCUT2D eigenvalue weighted by Gasteiger charge is 2.36. The number of fused-ring (bicyclic) bond motifs is 2. The number of hydrogen-bond donors (Lipinski definition) is 2. The zero-order valence-corrected chi connectivity index (χ0v) is 13.8. The molecule has 1 amide bonds. The maximum absolute atomic E-state index is 12.9. The average molecular weight is 340 g/mol. The fourth-order valence-corrected chi connectivity index (χ4v) is 3.34. The van der Waals surface area contributed by atoms with E-state index in [-0.39, 0.29) is 35.6 Å². The highest BCUT2D eigenvalue weighted by molar-refractivity contribution is 5.96. The predicted octanol–water partition coefficient (Wildman–Crippen LogP) is 1.52. The Hall–Kier alpha value is -2.96. The van der Waals surface area contributed by atoms with E-state index in [1.807, 2.05) is 12.1 Å². The van der Waals surface area contributed by atoms with Crippen LogP contribution < -0.4 is 21.3 Å². The van der Waals surface area contributed by atoms with Gasteiger partial charge in [-0.25, -0.2) is 0 Å². The summed E-state index contributed by atoms with van der Waals surface area (Å²) in [4.78, 5) is 27.0. The maximum Gasteiger partial charge on any atom is 0.278 e. The van der Waals surface area contributed by atoms with Gasteiger partial charge in [-0.1, -0.05) is 12.1 Å². The number of nitrogens with zero attached hydrogens (tertiary/aromatic N) is 2. The molecule has 0 saturated carbocycles. The van der Waals surface area contributed by atoms with Crippen molar-refractivity contribution < 1.29 is 9.53 Å². The van der Waals surface area contributed by atoms with Gasteiger partial charge in [-0.2, -0.15) is 0 Å². The molecule has 3 N–H and O–H groups in total. The van der Waals surface area contributed by atoms with Crippen LogP contribution in [0.15, 0.2) is 41.3 Å². The highest BCUT2D eigenvalue weighted by atomic mass is 16.5. The Bertz CT molecular complexity index is 860. The summed E-state index contributed by atoms with van der Waals surface area (Å²) in [6.45, 7) is 0.889. The zero-order chi connectivity index (χ0) is 17.4. The molecule has 1 fully saturated rings. The summed E-state index contributed by atoms with van der Waals surface area (Å²) in [6.07, 6.45) is 4.53. The Morgan fingerprint density at radius 3 is 2.76 bits per heavy atom. The molecule has 1 aromatic heterocycles. The number of pyridine rings is 1. The highest BCUT2D eigenvalue weighted by Crippen LogP contribution is 2.26. The summed E-state index contributed by atoms with van der Waals surface area (Å²) < 4.78 is 7.37. The summed E-state index contributed by atoms with van der Waals surface area (Å²) >= 11 is 0. The molecule has 7 heteroatoms. The van der Waals surface area contributed by atoms with Crippen molar-refractivity contribution in [2.75, 3.05) is 17.7 Å². The van der Waals surface area contributed by atoms with Crippen LogP contribution in [0.5, 0.6) is 5.75 Å². The van der Waals surface area contributed by atoms with Crippen LogP contribution in [0.3, 0.4) is 0 Å². The van der Waals surface area contributed by atoms with Gasteiger partial charge in [-0.15, -0.1) is 0 Å². The van der Waals surface area contributed by atoms with E-state index in [2.05, 4.69) is 5.43 Å². The largest absolute Gasteiger partial charge is 0.482 e. The summed E-state index contributed by atoms with van der Waals surface area (Å²) in [6, 6.07) is 8.64. The monoisotopic (exact) mass is 340 g/mol. The predicted molar refractivity (Wildman–Crippen MR) is 93.9 cm³/mol. The minimum Gasteiger partial charge on any atom is -0.482 e. The second-order valence-corrected chi connectivity index (χ2v) is 6.40. The van der Waals surface area contributed by atoms with E-state index < -0.39 is 0 Å². The fraction of sp³-hybridized carbons (Fsp3) is 0.333. The number of piperidine rings is 1. The van der Waals surface area contributed by atoms with Crippen LogP contribution in [-0.4, -0.2) is 28.2 Å². The number of aromatic nitrogens is 1. The van der Waals surface area contributed by atoms with Crippen molar-refractivity contribution in [2.24, 2.45) is 0 Å². The van der Waals surface area contributed by atoms with E-state index in [0.29, 0.717) is 12.2 Å². The molecule has 4 rings (SSSR count). The summed E-state index contributed by atoms with van der Waals surface area (Å²) in [5.74, 6) is -0.0747.